The molecule has 2 aromatic carbocycles. The van der Waals surface area contributed by atoms with Crippen LogP contribution in [0.5, 0.6) is 11.5 Å². The Balaban J connectivity index is 1.69. The number of fused-ring (bicyclic) bond motifs is 1. The van der Waals surface area contributed by atoms with Crippen molar-refractivity contribution in [3.8, 4) is 11.5 Å². The Morgan fingerprint density at radius 3 is 2.48 bits per heavy atom. The van der Waals surface area contributed by atoms with Gasteiger partial charge in [0.15, 0.2) is 11.5 Å². The topological polar surface area (TPSA) is 79.9 Å². The lowest BCUT2D eigenvalue weighted by atomic mass is 9.99. The predicted molar refractivity (Wildman–Crippen MR) is 129 cm³/mol. The number of ether oxygens (including phenoxy) is 2. The number of benzene rings is 2. The van der Waals surface area contributed by atoms with Gasteiger partial charge >= 0.3 is 6.03 Å². The number of amides is 3. The number of hydrogen-bond acceptors (Lipinski definition) is 5. The van der Waals surface area contributed by atoms with Crippen LogP contribution in [-0.4, -0.2) is 55.7 Å². The van der Waals surface area contributed by atoms with Gasteiger partial charge in [0.2, 0.25) is 5.91 Å². The van der Waals surface area contributed by atoms with Crippen LogP contribution in [0.15, 0.2) is 30.3 Å². The van der Waals surface area contributed by atoms with Crippen molar-refractivity contribution in [3.63, 3.8) is 0 Å². The largest absolute Gasteiger partial charge is 0.493 e. The number of aryl methyl sites for hydroxylation is 1. The Hall–Kier alpha value is -2.94. The molecule has 2 aromatic rings. The minimum atomic E-state index is -0.735. The number of carbonyl (C=O) groups excluding carboxylic acids is 2. The number of rotatable bonds is 8. The maximum atomic E-state index is 13.9. The zero-order chi connectivity index (χ0) is 24.0. The summed E-state index contributed by atoms with van der Waals surface area (Å²) in [6.07, 6.45) is 3.07. The smallest absolute Gasteiger partial charge is 0.318 e. The van der Waals surface area contributed by atoms with Crippen LogP contribution in [0.4, 0.5) is 14.9 Å². The summed E-state index contributed by atoms with van der Waals surface area (Å²) in [7, 11) is 3.17. The van der Waals surface area contributed by atoms with E-state index in [0.717, 1.165) is 11.1 Å². The minimum Gasteiger partial charge on any atom is -0.493 e. The summed E-state index contributed by atoms with van der Waals surface area (Å²) in [5.41, 5.74) is 2.95. The van der Waals surface area contributed by atoms with E-state index < -0.39 is 11.9 Å². The average molecular weight is 476 g/mol. The van der Waals surface area contributed by atoms with Gasteiger partial charge < -0.3 is 25.0 Å². The molecule has 1 aliphatic heterocycles. The zero-order valence-corrected chi connectivity index (χ0v) is 20.2. The van der Waals surface area contributed by atoms with Gasteiger partial charge in [-0.1, -0.05) is 6.07 Å². The molecular formula is C24H30FN3O4S. The number of carbonyl (C=O) groups is 2. The summed E-state index contributed by atoms with van der Waals surface area (Å²) in [6.45, 7) is 2.58. The highest BCUT2D eigenvalue weighted by Crippen LogP contribution is 2.33. The highest BCUT2D eigenvalue weighted by Gasteiger charge is 2.27. The molecule has 178 valence electrons. The van der Waals surface area contributed by atoms with Crippen LogP contribution >= 0.6 is 11.8 Å². The van der Waals surface area contributed by atoms with Crippen LogP contribution in [0.3, 0.4) is 0 Å². The number of hydrogen-bond donors (Lipinski definition) is 2. The number of methoxy groups -OCH3 is 2. The SMILES string of the molecule is COc1cc2c(cc1OC)CN(C(=O)N[C@@H](CCSC)C(=O)Nc1ccc(C)c(F)c1)CC2. The van der Waals surface area contributed by atoms with Gasteiger partial charge in [0.1, 0.15) is 11.9 Å². The van der Waals surface area contributed by atoms with Gasteiger partial charge in [-0.05, 0) is 72.7 Å². The maximum absolute atomic E-state index is 13.9. The lowest BCUT2D eigenvalue weighted by molar-refractivity contribution is -0.118. The molecule has 0 radical (unpaired) electrons. The Kier molecular flexibility index (Phi) is 8.43. The fourth-order valence-corrected chi connectivity index (χ4v) is 4.17. The fourth-order valence-electron chi connectivity index (χ4n) is 3.70. The van der Waals surface area contributed by atoms with E-state index in [1.807, 2.05) is 18.4 Å². The second-order valence-corrected chi connectivity index (χ2v) is 8.87. The molecule has 0 aromatic heterocycles. The number of urea groups is 1. The third kappa shape index (κ3) is 6.10. The van der Waals surface area contributed by atoms with Crippen LogP contribution in [0.25, 0.3) is 0 Å². The van der Waals surface area contributed by atoms with Crippen LogP contribution in [-0.2, 0) is 17.8 Å². The van der Waals surface area contributed by atoms with E-state index >= 15 is 0 Å². The van der Waals surface area contributed by atoms with Crippen LogP contribution in [0.2, 0.25) is 0 Å². The average Bonchev–Trinajstić information content (AvgIpc) is 2.82. The van der Waals surface area contributed by atoms with Crippen molar-refractivity contribution in [2.75, 3.05) is 38.1 Å². The lowest BCUT2D eigenvalue weighted by Gasteiger charge is -2.31. The molecule has 1 atom stereocenters. The van der Waals surface area contributed by atoms with E-state index in [1.165, 1.54) is 6.07 Å². The first-order chi connectivity index (χ1) is 15.9. The van der Waals surface area contributed by atoms with E-state index in [4.69, 9.17) is 9.47 Å². The fraction of sp³-hybridized carbons (Fsp3) is 0.417. The molecular weight excluding hydrogens is 445 g/mol. The van der Waals surface area contributed by atoms with Crippen LogP contribution in [0, 0.1) is 12.7 Å². The molecule has 1 heterocycles. The molecule has 0 spiro atoms. The van der Waals surface area contributed by atoms with Crippen molar-refractivity contribution >= 4 is 29.4 Å². The second kappa shape index (κ2) is 11.3. The number of nitrogens with one attached hydrogen (secondary N) is 2. The second-order valence-electron chi connectivity index (χ2n) is 7.88. The molecule has 0 fully saturated rings. The summed E-state index contributed by atoms with van der Waals surface area (Å²) in [6, 6.07) is 7.31. The minimum absolute atomic E-state index is 0.313. The van der Waals surface area contributed by atoms with Crippen molar-refractivity contribution in [3.05, 3.63) is 52.8 Å². The molecule has 0 saturated carbocycles. The molecule has 0 unspecified atom stereocenters. The van der Waals surface area contributed by atoms with Gasteiger partial charge in [0.05, 0.1) is 14.2 Å². The molecule has 2 N–H and O–H groups in total. The number of anilines is 1. The molecule has 0 saturated heterocycles. The summed E-state index contributed by atoms with van der Waals surface area (Å²) < 4.78 is 24.6. The van der Waals surface area contributed by atoms with Gasteiger partial charge in [0.25, 0.3) is 0 Å². The first-order valence-electron chi connectivity index (χ1n) is 10.7. The maximum Gasteiger partial charge on any atom is 0.318 e. The van der Waals surface area contributed by atoms with Crippen molar-refractivity contribution in [1.82, 2.24) is 10.2 Å². The third-order valence-electron chi connectivity index (χ3n) is 5.67. The van der Waals surface area contributed by atoms with Crippen LogP contribution in [0.1, 0.15) is 23.1 Å². The molecule has 1 aliphatic rings. The van der Waals surface area contributed by atoms with Crippen LogP contribution < -0.4 is 20.1 Å². The van der Waals surface area contributed by atoms with Crippen molar-refractivity contribution in [2.24, 2.45) is 0 Å². The van der Waals surface area contributed by atoms with Gasteiger partial charge in [-0.15, -0.1) is 0 Å². The third-order valence-corrected chi connectivity index (χ3v) is 6.31. The van der Waals surface area contributed by atoms with Crippen molar-refractivity contribution in [2.45, 2.75) is 32.4 Å². The van der Waals surface area contributed by atoms with Gasteiger partial charge in [-0.25, -0.2) is 9.18 Å². The molecule has 9 heteroatoms. The predicted octanol–water partition coefficient (Wildman–Crippen LogP) is 3.98. The Labute approximate surface area is 198 Å². The summed E-state index contributed by atoms with van der Waals surface area (Å²) in [5, 5.41) is 5.58. The van der Waals surface area contributed by atoms with E-state index in [1.54, 1.807) is 49.9 Å². The van der Waals surface area contributed by atoms with Gasteiger partial charge in [-0.3, -0.25) is 4.79 Å². The zero-order valence-electron chi connectivity index (χ0n) is 19.4. The van der Waals surface area contributed by atoms with Crippen molar-refractivity contribution < 1.29 is 23.5 Å². The Morgan fingerprint density at radius 1 is 1.15 bits per heavy atom. The highest BCUT2D eigenvalue weighted by atomic mass is 32.2. The number of thioether (sulfide) groups is 1. The standard InChI is InChI=1S/C24H30FN3O4S/c1-15-5-6-18(13-19(15)25)26-23(29)20(8-10-33-4)27-24(30)28-9-7-16-11-21(31-2)22(32-3)12-17(16)14-28/h5-6,11-13,20H,7-10,14H2,1-4H3,(H,26,29)(H,27,30)/t20-/m0/s1. The van der Waals surface area contributed by atoms with Crippen molar-refractivity contribution in [1.29, 1.82) is 0 Å². The molecule has 7 nitrogen and oxygen atoms in total. The first-order valence-corrected chi connectivity index (χ1v) is 12.1. The molecule has 3 rings (SSSR count). The lowest BCUT2D eigenvalue weighted by Crippen LogP contribution is -2.50. The molecule has 0 aliphatic carbocycles. The van der Waals surface area contributed by atoms with E-state index in [2.05, 4.69) is 10.6 Å². The monoisotopic (exact) mass is 475 g/mol. The highest BCUT2D eigenvalue weighted by molar-refractivity contribution is 7.98. The van der Waals surface area contributed by atoms with E-state index in [-0.39, 0.29) is 11.9 Å². The van der Waals surface area contributed by atoms with Gasteiger partial charge in [0, 0.05) is 18.8 Å². The Morgan fingerprint density at radius 2 is 1.85 bits per heavy atom. The summed E-state index contributed by atoms with van der Waals surface area (Å²) in [5.74, 6) is 1.21. The summed E-state index contributed by atoms with van der Waals surface area (Å²) in [4.78, 5) is 27.6. The molecule has 3 amide bonds. The normalized spacial score (nSPS) is 13.7. The molecule has 33 heavy (non-hydrogen) atoms. The number of halogens is 1. The Bertz CT molecular complexity index is 1020. The van der Waals surface area contributed by atoms with E-state index in [0.29, 0.717) is 54.4 Å². The first kappa shape index (κ1) is 24.7. The summed E-state index contributed by atoms with van der Waals surface area (Å²) >= 11 is 1.59. The number of nitrogens with zero attached hydrogens (tertiary/aromatic N) is 1. The quantitative estimate of drug-likeness (QED) is 0.604. The van der Waals surface area contributed by atoms with E-state index in [9.17, 15) is 14.0 Å². The van der Waals surface area contributed by atoms with Gasteiger partial charge in [-0.2, -0.15) is 11.8 Å². The molecule has 0 bridgehead atoms.